The van der Waals surface area contributed by atoms with Gasteiger partial charge in [-0.3, -0.25) is 0 Å². The van der Waals surface area contributed by atoms with E-state index < -0.39 is 25.6 Å². The normalized spacial score (nSPS) is 26.4. The lowest BCUT2D eigenvalue weighted by molar-refractivity contribution is -0.239. The molecule has 5 heteroatoms. The van der Waals surface area contributed by atoms with Gasteiger partial charge in [-0.2, -0.15) is 0 Å². The van der Waals surface area contributed by atoms with Crippen LogP contribution < -0.4 is 10.4 Å². The van der Waals surface area contributed by atoms with E-state index in [1.165, 1.54) is 10.4 Å². The summed E-state index contributed by atoms with van der Waals surface area (Å²) in [4.78, 5) is 0. The number of rotatable bonds is 5. The van der Waals surface area contributed by atoms with E-state index in [0.717, 1.165) is 0 Å². The van der Waals surface area contributed by atoms with E-state index in [1.54, 1.807) is 0 Å². The molecule has 1 saturated heterocycles. The summed E-state index contributed by atoms with van der Waals surface area (Å²) in [6.07, 6.45) is 0.851. The largest absolute Gasteiger partial charge is 0.407 e. The fourth-order valence-corrected chi connectivity index (χ4v) is 10.0. The van der Waals surface area contributed by atoms with Crippen molar-refractivity contribution in [1.29, 1.82) is 0 Å². The van der Waals surface area contributed by atoms with Gasteiger partial charge in [-0.25, -0.2) is 0 Å². The van der Waals surface area contributed by atoms with Crippen LogP contribution in [0.25, 0.3) is 0 Å². The summed E-state index contributed by atoms with van der Waals surface area (Å²) in [7, 11) is -2.68. The van der Waals surface area contributed by atoms with Crippen LogP contribution in [0, 0.1) is 5.41 Å². The Hall–Kier alpha value is -1.50. The summed E-state index contributed by atoms with van der Waals surface area (Å²) < 4.78 is 19.3. The predicted octanol–water partition coefficient (Wildman–Crippen LogP) is 3.47. The van der Waals surface area contributed by atoms with Crippen LogP contribution in [0.1, 0.15) is 40.5 Å². The van der Waals surface area contributed by atoms with Crippen molar-refractivity contribution < 1.29 is 19.0 Å². The van der Waals surface area contributed by atoms with E-state index in [1.807, 2.05) is 12.1 Å². The Kier molecular flexibility index (Phi) is 5.70. The first-order valence-corrected chi connectivity index (χ1v) is 12.9. The van der Waals surface area contributed by atoms with Crippen LogP contribution in [-0.4, -0.2) is 45.1 Å². The van der Waals surface area contributed by atoms with Gasteiger partial charge < -0.3 is 19.0 Å². The quantitative estimate of drug-likeness (QED) is 0.744. The first-order chi connectivity index (χ1) is 14.3. The molecule has 4 rings (SSSR count). The highest BCUT2D eigenvalue weighted by atomic mass is 28.4. The van der Waals surface area contributed by atoms with Gasteiger partial charge in [-0.05, 0) is 28.8 Å². The Bertz CT molecular complexity index is 803. The molecule has 1 spiro atoms. The Morgan fingerprint density at radius 2 is 1.47 bits per heavy atom. The second-order valence-corrected chi connectivity index (χ2v) is 14.2. The summed E-state index contributed by atoms with van der Waals surface area (Å²) in [5, 5.41) is 13.4. The second-order valence-electron chi connectivity index (χ2n) is 9.87. The molecule has 30 heavy (non-hydrogen) atoms. The summed E-state index contributed by atoms with van der Waals surface area (Å²) in [6.45, 7) is 10.4. The highest BCUT2D eigenvalue weighted by Crippen LogP contribution is 2.52. The van der Waals surface area contributed by atoms with Crippen molar-refractivity contribution in [2.24, 2.45) is 5.41 Å². The van der Waals surface area contributed by atoms with Gasteiger partial charge in [0.25, 0.3) is 8.32 Å². The molecule has 1 N–H and O–H groups in total. The van der Waals surface area contributed by atoms with E-state index in [-0.39, 0.29) is 5.04 Å². The molecular formula is C25H34O4Si. The topological polar surface area (TPSA) is 47.9 Å². The molecule has 0 radical (unpaired) electrons. The minimum atomic E-state index is -2.68. The maximum atomic E-state index is 11.0. The van der Waals surface area contributed by atoms with Gasteiger partial charge in [-0.15, -0.1) is 0 Å². The number of aliphatic hydroxyl groups excluding tert-OH is 1. The predicted molar refractivity (Wildman–Crippen MR) is 122 cm³/mol. The van der Waals surface area contributed by atoms with E-state index >= 15 is 0 Å². The van der Waals surface area contributed by atoms with Crippen molar-refractivity contribution >= 4 is 18.7 Å². The number of hydrogen-bond donors (Lipinski definition) is 1. The first kappa shape index (κ1) is 21.7. The van der Waals surface area contributed by atoms with Crippen LogP contribution in [-0.2, 0) is 13.9 Å². The van der Waals surface area contributed by atoms with Gasteiger partial charge in [0.1, 0.15) is 0 Å². The monoisotopic (exact) mass is 426 g/mol. The molecule has 1 aliphatic carbocycles. The standard InChI is InChI=1S/C25H34O4Si/c1-23(2,3)30(20-11-7-5-8-12-20,21-13-9-6-10-14-21)29-19-24(4)22(26)15-16-25(24)27-17-18-28-25/h5-14,22,26H,15-19H2,1-4H3/t22-,24-/m0/s1. The van der Waals surface area contributed by atoms with Crippen molar-refractivity contribution in [3.63, 3.8) is 0 Å². The molecule has 1 saturated carbocycles. The SMILES string of the molecule is CC(C)(C)[Si](OC[C@@]1(C)[C@@H](O)CCC12OCCO2)(c1ccccc1)c1ccccc1. The summed E-state index contributed by atoms with van der Waals surface area (Å²) in [5.74, 6) is -0.752. The molecule has 2 aromatic rings. The molecule has 1 aliphatic heterocycles. The second kappa shape index (κ2) is 7.88. The molecule has 1 heterocycles. The van der Waals surface area contributed by atoms with Crippen LogP contribution in [0.15, 0.2) is 60.7 Å². The molecule has 0 amide bonds. The maximum Gasteiger partial charge on any atom is 0.261 e. The first-order valence-electron chi connectivity index (χ1n) is 11.0. The average molecular weight is 427 g/mol. The molecule has 2 aliphatic rings. The Balaban J connectivity index is 1.79. The molecule has 2 aromatic carbocycles. The number of hydrogen-bond acceptors (Lipinski definition) is 4. The average Bonchev–Trinajstić information content (AvgIpc) is 3.31. The molecule has 4 nitrogen and oxygen atoms in total. The van der Waals surface area contributed by atoms with E-state index in [2.05, 4.69) is 76.2 Å². The van der Waals surface area contributed by atoms with Gasteiger partial charge in [0.2, 0.25) is 0 Å². The Morgan fingerprint density at radius 3 is 1.93 bits per heavy atom. The minimum Gasteiger partial charge on any atom is -0.407 e. The van der Waals surface area contributed by atoms with Crippen LogP contribution >= 0.6 is 0 Å². The van der Waals surface area contributed by atoms with Crippen molar-refractivity contribution in [2.75, 3.05) is 19.8 Å². The van der Waals surface area contributed by atoms with Crippen molar-refractivity contribution in [3.05, 3.63) is 60.7 Å². The Morgan fingerprint density at radius 1 is 0.967 bits per heavy atom. The third kappa shape index (κ3) is 3.28. The maximum absolute atomic E-state index is 11.0. The highest BCUT2D eigenvalue weighted by Gasteiger charge is 2.63. The number of aliphatic hydroxyl groups is 1. The molecular weight excluding hydrogens is 392 g/mol. The van der Waals surface area contributed by atoms with Gasteiger partial charge in [0, 0.05) is 13.0 Å². The van der Waals surface area contributed by atoms with Crippen molar-refractivity contribution in [1.82, 2.24) is 0 Å². The van der Waals surface area contributed by atoms with Gasteiger partial charge in [0.05, 0.1) is 24.7 Å². The fourth-order valence-electron chi connectivity index (χ4n) is 5.34. The van der Waals surface area contributed by atoms with E-state index in [0.29, 0.717) is 32.7 Å². The van der Waals surface area contributed by atoms with Gasteiger partial charge in [0.15, 0.2) is 5.79 Å². The van der Waals surface area contributed by atoms with Gasteiger partial charge >= 0.3 is 0 Å². The third-order valence-corrected chi connectivity index (χ3v) is 12.1. The molecule has 0 unspecified atom stereocenters. The lowest BCUT2D eigenvalue weighted by Crippen LogP contribution is -2.68. The lowest BCUT2D eigenvalue weighted by atomic mass is 9.82. The summed E-state index contributed by atoms with van der Waals surface area (Å²) in [6, 6.07) is 21.2. The zero-order valence-corrected chi connectivity index (χ0v) is 19.6. The van der Waals surface area contributed by atoms with Crippen molar-refractivity contribution in [2.45, 2.75) is 57.5 Å². The van der Waals surface area contributed by atoms with Crippen LogP contribution in [0.3, 0.4) is 0 Å². The van der Waals surface area contributed by atoms with Crippen LogP contribution in [0.4, 0.5) is 0 Å². The highest BCUT2D eigenvalue weighted by molar-refractivity contribution is 6.99. The molecule has 162 valence electrons. The van der Waals surface area contributed by atoms with Gasteiger partial charge in [-0.1, -0.05) is 81.4 Å². The Labute approximate surface area is 181 Å². The molecule has 0 aromatic heterocycles. The molecule has 2 atom stereocenters. The summed E-state index contributed by atoms with van der Waals surface area (Å²) >= 11 is 0. The number of ether oxygens (including phenoxy) is 2. The zero-order valence-electron chi connectivity index (χ0n) is 18.6. The third-order valence-electron chi connectivity index (χ3n) is 7.11. The van der Waals surface area contributed by atoms with Crippen LogP contribution in [0.2, 0.25) is 5.04 Å². The zero-order chi connectivity index (χ0) is 21.5. The van der Waals surface area contributed by atoms with Crippen molar-refractivity contribution in [3.8, 4) is 0 Å². The molecule has 0 bridgehead atoms. The smallest absolute Gasteiger partial charge is 0.261 e. The van der Waals surface area contributed by atoms with E-state index in [4.69, 9.17) is 13.9 Å². The molecule has 2 fully saturated rings. The summed E-state index contributed by atoms with van der Waals surface area (Å²) in [5.41, 5.74) is -0.615. The van der Waals surface area contributed by atoms with E-state index in [9.17, 15) is 5.11 Å². The fraction of sp³-hybridized carbons (Fsp3) is 0.520. The number of benzene rings is 2. The minimum absolute atomic E-state index is 0.111. The lowest BCUT2D eigenvalue weighted by Gasteiger charge is -2.47. The van der Waals surface area contributed by atoms with Crippen LogP contribution in [0.5, 0.6) is 0 Å².